The minimum Gasteiger partial charge on any atom is -0.388 e. The van der Waals surface area contributed by atoms with Crippen molar-refractivity contribution in [1.82, 2.24) is 0 Å². The molecule has 1 aliphatic rings. The first kappa shape index (κ1) is 12.8. The smallest absolute Gasteiger partial charge is 0.0867 e. The lowest BCUT2D eigenvalue weighted by molar-refractivity contribution is 0.153. The first-order valence-corrected chi connectivity index (χ1v) is 7.62. The minimum atomic E-state index is -0.407. The number of rotatable bonds is 2. The molecule has 3 rings (SSSR count). The van der Waals surface area contributed by atoms with E-state index in [-0.39, 0.29) is 5.92 Å². The minimum absolute atomic E-state index is 0.211. The molecule has 1 heterocycles. The van der Waals surface area contributed by atoms with Gasteiger partial charge < -0.3 is 5.11 Å². The lowest BCUT2D eigenvalue weighted by Crippen LogP contribution is -2.10. The van der Waals surface area contributed by atoms with Crippen molar-refractivity contribution in [1.29, 1.82) is 0 Å². The standard InChI is InChI=1S/C17H18OS/c1-11-7-8-13(9-12(11)2)17(18)15-10-19-16-6-4-3-5-14(15)16/h3-9,15,17-18H,10H2,1-2H3. The maximum Gasteiger partial charge on any atom is 0.0867 e. The number of aryl methyl sites for hydroxylation is 2. The number of hydrogen-bond acceptors (Lipinski definition) is 2. The quantitative estimate of drug-likeness (QED) is 0.881. The second-order valence-electron chi connectivity index (χ2n) is 5.24. The topological polar surface area (TPSA) is 20.2 Å². The summed E-state index contributed by atoms with van der Waals surface area (Å²) in [5.41, 5.74) is 4.84. The maximum absolute atomic E-state index is 10.7. The Morgan fingerprint density at radius 2 is 1.89 bits per heavy atom. The highest BCUT2D eigenvalue weighted by molar-refractivity contribution is 7.99. The van der Waals surface area contributed by atoms with Gasteiger partial charge in [-0.2, -0.15) is 0 Å². The van der Waals surface area contributed by atoms with Crippen LogP contribution in [0.4, 0.5) is 0 Å². The Balaban J connectivity index is 1.93. The van der Waals surface area contributed by atoms with Crippen LogP contribution in [0.2, 0.25) is 0 Å². The van der Waals surface area contributed by atoms with Crippen LogP contribution in [0.25, 0.3) is 0 Å². The second kappa shape index (κ2) is 5.03. The Morgan fingerprint density at radius 3 is 2.68 bits per heavy atom. The van der Waals surface area contributed by atoms with Crippen molar-refractivity contribution in [3.63, 3.8) is 0 Å². The van der Waals surface area contributed by atoms with E-state index in [1.165, 1.54) is 21.6 Å². The molecule has 2 unspecified atom stereocenters. The number of thioether (sulfide) groups is 1. The molecule has 0 saturated carbocycles. The van der Waals surface area contributed by atoms with E-state index in [1.54, 1.807) is 0 Å². The van der Waals surface area contributed by atoms with Gasteiger partial charge in [-0.3, -0.25) is 0 Å². The van der Waals surface area contributed by atoms with Gasteiger partial charge in [0.05, 0.1) is 6.10 Å². The number of fused-ring (bicyclic) bond motifs is 1. The van der Waals surface area contributed by atoms with Crippen LogP contribution in [0, 0.1) is 13.8 Å². The summed E-state index contributed by atoms with van der Waals surface area (Å²) in [4.78, 5) is 1.32. The van der Waals surface area contributed by atoms with Crippen LogP contribution in [0.3, 0.4) is 0 Å². The fourth-order valence-electron chi connectivity index (χ4n) is 2.63. The van der Waals surface area contributed by atoms with E-state index in [0.717, 1.165) is 11.3 Å². The average molecular weight is 270 g/mol. The highest BCUT2D eigenvalue weighted by Crippen LogP contribution is 2.45. The normalized spacial score (nSPS) is 19.2. The van der Waals surface area contributed by atoms with Gasteiger partial charge in [0.15, 0.2) is 0 Å². The largest absolute Gasteiger partial charge is 0.388 e. The van der Waals surface area contributed by atoms with Gasteiger partial charge in [-0.25, -0.2) is 0 Å². The Morgan fingerprint density at radius 1 is 1.11 bits per heavy atom. The van der Waals surface area contributed by atoms with Gasteiger partial charge >= 0.3 is 0 Å². The summed E-state index contributed by atoms with van der Waals surface area (Å²) in [6.07, 6.45) is -0.407. The molecule has 2 aromatic rings. The molecule has 0 aromatic heterocycles. The zero-order valence-electron chi connectivity index (χ0n) is 11.3. The molecule has 0 amide bonds. The van der Waals surface area contributed by atoms with E-state index in [0.29, 0.717) is 0 Å². The molecule has 19 heavy (non-hydrogen) atoms. The third kappa shape index (κ3) is 2.31. The van der Waals surface area contributed by atoms with Crippen molar-refractivity contribution in [3.05, 3.63) is 64.7 Å². The molecule has 1 nitrogen and oxygen atoms in total. The van der Waals surface area contributed by atoms with Crippen LogP contribution in [0.15, 0.2) is 47.4 Å². The zero-order valence-corrected chi connectivity index (χ0v) is 12.1. The van der Waals surface area contributed by atoms with E-state index in [4.69, 9.17) is 0 Å². The molecule has 0 bridgehead atoms. The van der Waals surface area contributed by atoms with E-state index in [1.807, 2.05) is 11.8 Å². The predicted octanol–water partition coefficient (Wildman–Crippen LogP) is 4.23. The summed E-state index contributed by atoms with van der Waals surface area (Å²) < 4.78 is 0. The predicted molar refractivity (Wildman–Crippen MR) is 80.8 cm³/mol. The Kier molecular flexibility index (Phi) is 3.38. The average Bonchev–Trinajstić information content (AvgIpc) is 2.85. The van der Waals surface area contributed by atoms with Gasteiger partial charge in [0.2, 0.25) is 0 Å². The van der Waals surface area contributed by atoms with Crippen LogP contribution in [-0.2, 0) is 0 Å². The molecular formula is C17H18OS. The molecule has 0 spiro atoms. The number of aliphatic hydroxyl groups is 1. The second-order valence-corrected chi connectivity index (χ2v) is 6.31. The van der Waals surface area contributed by atoms with E-state index in [9.17, 15) is 5.11 Å². The van der Waals surface area contributed by atoms with Gasteiger partial charge in [-0.1, -0.05) is 36.4 Å². The van der Waals surface area contributed by atoms with Crippen LogP contribution in [-0.4, -0.2) is 10.9 Å². The monoisotopic (exact) mass is 270 g/mol. The summed E-state index contributed by atoms with van der Waals surface area (Å²) in [7, 11) is 0. The Bertz CT molecular complexity index is 606. The fourth-order valence-corrected chi connectivity index (χ4v) is 3.91. The summed E-state index contributed by atoms with van der Waals surface area (Å²) >= 11 is 1.85. The zero-order chi connectivity index (χ0) is 13.4. The van der Waals surface area contributed by atoms with Gasteiger partial charge in [0.1, 0.15) is 0 Å². The molecule has 0 radical (unpaired) electrons. The Labute approximate surface area is 118 Å². The van der Waals surface area contributed by atoms with E-state index in [2.05, 4.69) is 56.3 Å². The summed E-state index contributed by atoms with van der Waals surface area (Å²) in [5.74, 6) is 1.18. The first-order chi connectivity index (χ1) is 9.16. The van der Waals surface area contributed by atoms with Crippen molar-refractivity contribution in [2.24, 2.45) is 0 Å². The molecule has 1 N–H and O–H groups in total. The van der Waals surface area contributed by atoms with Gasteiger partial charge in [0.25, 0.3) is 0 Å². The summed E-state index contributed by atoms with van der Waals surface area (Å²) in [6.45, 7) is 4.20. The molecule has 0 aliphatic carbocycles. The van der Waals surface area contributed by atoms with Gasteiger partial charge in [0, 0.05) is 16.6 Å². The summed E-state index contributed by atoms with van der Waals surface area (Å²) in [6, 6.07) is 14.7. The fraction of sp³-hybridized carbons (Fsp3) is 0.294. The molecule has 2 heteroatoms. The first-order valence-electron chi connectivity index (χ1n) is 6.64. The van der Waals surface area contributed by atoms with Crippen molar-refractivity contribution in [3.8, 4) is 0 Å². The lowest BCUT2D eigenvalue weighted by atomic mass is 9.90. The Hall–Kier alpha value is -1.25. The number of hydrogen-bond donors (Lipinski definition) is 1. The maximum atomic E-state index is 10.7. The van der Waals surface area contributed by atoms with E-state index < -0.39 is 6.10 Å². The highest BCUT2D eigenvalue weighted by atomic mass is 32.2. The third-order valence-electron chi connectivity index (χ3n) is 3.99. The molecule has 0 saturated heterocycles. The van der Waals surface area contributed by atoms with Gasteiger partial charge in [-0.05, 0) is 42.2 Å². The van der Waals surface area contributed by atoms with Crippen molar-refractivity contribution < 1.29 is 5.11 Å². The van der Waals surface area contributed by atoms with E-state index >= 15 is 0 Å². The van der Waals surface area contributed by atoms with Crippen LogP contribution in [0.1, 0.15) is 34.3 Å². The van der Waals surface area contributed by atoms with Gasteiger partial charge in [-0.15, -0.1) is 11.8 Å². The molecule has 98 valence electrons. The molecule has 1 aliphatic heterocycles. The van der Waals surface area contributed by atoms with Crippen LogP contribution in [0.5, 0.6) is 0 Å². The summed E-state index contributed by atoms with van der Waals surface area (Å²) in [5, 5.41) is 10.7. The number of benzene rings is 2. The number of aliphatic hydroxyl groups excluding tert-OH is 1. The van der Waals surface area contributed by atoms with Crippen LogP contribution < -0.4 is 0 Å². The molecule has 0 fully saturated rings. The highest BCUT2D eigenvalue weighted by Gasteiger charge is 2.29. The SMILES string of the molecule is Cc1ccc(C(O)C2CSc3ccccc32)cc1C. The molecule has 2 atom stereocenters. The van der Waals surface area contributed by atoms with Crippen molar-refractivity contribution in [2.75, 3.05) is 5.75 Å². The van der Waals surface area contributed by atoms with Crippen molar-refractivity contribution >= 4 is 11.8 Å². The molecular weight excluding hydrogens is 252 g/mol. The lowest BCUT2D eigenvalue weighted by Gasteiger charge is -2.20. The molecule has 2 aromatic carbocycles. The third-order valence-corrected chi connectivity index (χ3v) is 5.20. The van der Waals surface area contributed by atoms with Crippen LogP contribution >= 0.6 is 11.8 Å². The van der Waals surface area contributed by atoms with Crippen molar-refractivity contribution in [2.45, 2.75) is 30.8 Å².